The standard InChI is InChI=1S/C17H17NO4S/c1-2-22-13-9-7-12(8-10-13)18-16(19)11-23-15-6-4-3-5-14(15)17(20)21/h3-10H,2,11H2,1H3,(H,18,19)(H,20,21). The zero-order valence-corrected chi connectivity index (χ0v) is 13.4. The minimum atomic E-state index is -1.000. The predicted molar refractivity (Wildman–Crippen MR) is 90.4 cm³/mol. The molecular formula is C17H17NO4S. The van der Waals surface area contributed by atoms with Crippen LogP contribution in [0.3, 0.4) is 0 Å². The van der Waals surface area contributed by atoms with Crippen LogP contribution < -0.4 is 10.1 Å². The molecule has 0 saturated carbocycles. The van der Waals surface area contributed by atoms with Gasteiger partial charge >= 0.3 is 5.97 Å². The van der Waals surface area contributed by atoms with Gasteiger partial charge in [-0.15, -0.1) is 11.8 Å². The molecule has 2 aromatic carbocycles. The van der Waals surface area contributed by atoms with Crippen molar-refractivity contribution < 1.29 is 19.4 Å². The molecule has 0 heterocycles. The van der Waals surface area contributed by atoms with Crippen molar-refractivity contribution in [1.82, 2.24) is 0 Å². The summed E-state index contributed by atoms with van der Waals surface area (Å²) in [5, 5.41) is 11.9. The zero-order chi connectivity index (χ0) is 16.7. The van der Waals surface area contributed by atoms with Gasteiger partial charge in [-0.25, -0.2) is 4.79 Å². The fourth-order valence-corrected chi connectivity index (χ4v) is 2.76. The molecule has 0 aliphatic carbocycles. The largest absolute Gasteiger partial charge is 0.494 e. The normalized spacial score (nSPS) is 10.1. The first-order valence-electron chi connectivity index (χ1n) is 7.08. The Bertz CT molecular complexity index is 685. The zero-order valence-electron chi connectivity index (χ0n) is 12.6. The number of ether oxygens (including phenoxy) is 1. The third-order valence-corrected chi connectivity index (χ3v) is 4.00. The van der Waals surface area contributed by atoms with Gasteiger partial charge in [0.05, 0.1) is 17.9 Å². The van der Waals surface area contributed by atoms with Crippen LogP contribution >= 0.6 is 11.8 Å². The van der Waals surface area contributed by atoms with E-state index in [1.54, 1.807) is 42.5 Å². The van der Waals surface area contributed by atoms with Gasteiger partial charge in [-0.05, 0) is 43.3 Å². The van der Waals surface area contributed by atoms with Crippen LogP contribution in [0.5, 0.6) is 5.75 Å². The van der Waals surface area contributed by atoms with Gasteiger partial charge in [-0.1, -0.05) is 12.1 Å². The van der Waals surface area contributed by atoms with Crippen LogP contribution in [0, 0.1) is 0 Å². The highest BCUT2D eigenvalue weighted by Crippen LogP contribution is 2.23. The number of amides is 1. The molecular weight excluding hydrogens is 314 g/mol. The predicted octanol–water partition coefficient (Wildman–Crippen LogP) is 3.51. The van der Waals surface area contributed by atoms with E-state index in [-0.39, 0.29) is 17.2 Å². The first-order chi connectivity index (χ1) is 11.1. The molecule has 6 heteroatoms. The molecule has 2 aromatic rings. The molecule has 5 nitrogen and oxygen atoms in total. The fourth-order valence-electron chi connectivity index (χ4n) is 1.91. The maximum atomic E-state index is 12.0. The van der Waals surface area contributed by atoms with Crippen molar-refractivity contribution in [3.63, 3.8) is 0 Å². The number of nitrogens with one attached hydrogen (secondary N) is 1. The Hall–Kier alpha value is -2.47. The monoisotopic (exact) mass is 331 g/mol. The lowest BCUT2D eigenvalue weighted by atomic mass is 10.2. The van der Waals surface area contributed by atoms with Crippen molar-refractivity contribution in [2.24, 2.45) is 0 Å². The Morgan fingerprint density at radius 1 is 1.13 bits per heavy atom. The number of anilines is 1. The van der Waals surface area contributed by atoms with Gasteiger partial charge in [0.15, 0.2) is 0 Å². The quantitative estimate of drug-likeness (QED) is 0.759. The summed E-state index contributed by atoms with van der Waals surface area (Å²) in [4.78, 5) is 23.7. The molecule has 0 unspecified atom stereocenters. The van der Waals surface area contributed by atoms with Crippen LogP contribution in [0.2, 0.25) is 0 Å². The Morgan fingerprint density at radius 3 is 2.48 bits per heavy atom. The maximum absolute atomic E-state index is 12.0. The minimum Gasteiger partial charge on any atom is -0.494 e. The van der Waals surface area contributed by atoms with E-state index in [0.717, 1.165) is 5.75 Å². The molecule has 0 radical (unpaired) electrons. The molecule has 2 rings (SSSR count). The van der Waals surface area contributed by atoms with Crippen LogP contribution in [-0.2, 0) is 4.79 Å². The smallest absolute Gasteiger partial charge is 0.336 e. The number of benzene rings is 2. The van der Waals surface area contributed by atoms with Crippen molar-refractivity contribution in [1.29, 1.82) is 0 Å². The lowest BCUT2D eigenvalue weighted by molar-refractivity contribution is -0.113. The second-order valence-electron chi connectivity index (χ2n) is 4.60. The molecule has 120 valence electrons. The number of carboxylic acids is 1. The highest BCUT2D eigenvalue weighted by Gasteiger charge is 2.11. The van der Waals surface area contributed by atoms with Gasteiger partial charge in [-0.3, -0.25) is 4.79 Å². The summed E-state index contributed by atoms with van der Waals surface area (Å²) >= 11 is 1.20. The summed E-state index contributed by atoms with van der Waals surface area (Å²) < 4.78 is 5.33. The van der Waals surface area contributed by atoms with E-state index in [4.69, 9.17) is 9.84 Å². The molecule has 0 bridgehead atoms. The number of aromatic carboxylic acids is 1. The van der Waals surface area contributed by atoms with Crippen LogP contribution in [0.25, 0.3) is 0 Å². The van der Waals surface area contributed by atoms with E-state index in [0.29, 0.717) is 17.2 Å². The number of carbonyl (C=O) groups is 2. The van der Waals surface area contributed by atoms with E-state index in [1.807, 2.05) is 6.92 Å². The second kappa shape index (κ2) is 8.24. The molecule has 0 aromatic heterocycles. The fraction of sp³-hybridized carbons (Fsp3) is 0.176. The van der Waals surface area contributed by atoms with Crippen LogP contribution in [0.1, 0.15) is 17.3 Å². The van der Waals surface area contributed by atoms with Crippen molar-refractivity contribution in [3.8, 4) is 5.75 Å². The average Bonchev–Trinajstić information content (AvgIpc) is 2.55. The number of carbonyl (C=O) groups excluding carboxylic acids is 1. The van der Waals surface area contributed by atoms with Gasteiger partial charge in [0.25, 0.3) is 0 Å². The van der Waals surface area contributed by atoms with Gasteiger partial charge in [0.2, 0.25) is 5.91 Å². The Balaban J connectivity index is 1.91. The van der Waals surface area contributed by atoms with Crippen molar-refractivity contribution in [2.75, 3.05) is 17.7 Å². The van der Waals surface area contributed by atoms with Crippen LogP contribution in [0.15, 0.2) is 53.4 Å². The Kier molecular flexibility index (Phi) is 6.05. The summed E-state index contributed by atoms with van der Waals surface area (Å²) in [6.45, 7) is 2.49. The summed E-state index contributed by atoms with van der Waals surface area (Å²) in [7, 11) is 0. The first-order valence-corrected chi connectivity index (χ1v) is 8.06. The second-order valence-corrected chi connectivity index (χ2v) is 5.61. The number of hydrogen-bond acceptors (Lipinski definition) is 4. The van der Waals surface area contributed by atoms with E-state index in [1.165, 1.54) is 17.8 Å². The van der Waals surface area contributed by atoms with E-state index in [9.17, 15) is 9.59 Å². The van der Waals surface area contributed by atoms with Gasteiger partial charge in [0, 0.05) is 10.6 Å². The molecule has 2 N–H and O–H groups in total. The van der Waals surface area contributed by atoms with Gasteiger partial charge in [-0.2, -0.15) is 0 Å². The van der Waals surface area contributed by atoms with Gasteiger partial charge in [0.1, 0.15) is 5.75 Å². The molecule has 0 atom stereocenters. The first kappa shape index (κ1) is 16.9. The molecule has 0 aliphatic heterocycles. The number of thioether (sulfide) groups is 1. The number of carboxylic acid groups (broad SMARTS) is 1. The molecule has 0 saturated heterocycles. The van der Waals surface area contributed by atoms with Crippen molar-refractivity contribution in [2.45, 2.75) is 11.8 Å². The lowest BCUT2D eigenvalue weighted by Gasteiger charge is -2.08. The summed E-state index contributed by atoms with van der Waals surface area (Å²) in [5.74, 6) is -0.313. The topological polar surface area (TPSA) is 75.6 Å². The average molecular weight is 331 g/mol. The maximum Gasteiger partial charge on any atom is 0.336 e. The van der Waals surface area contributed by atoms with Gasteiger partial charge < -0.3 is 15.2 Å². The Labute approximate surface area is 138 Å². The van der Waals surface area contributed by atoms with Crippen LogP contribution in [-0.4, -0.2) is 29.3 Å². The van der Waals surface area contributed by atoms with E-state index >= 15 is 0 Å². The minimum absolute atomic E-state index is 0.136. The third-order valence-electron chi connectivity index (χ3n) is 2.93. The third kappa shape index (κ3) is 5.03. The van der Waals surface area contributed by atoms with E-state index < -0.39 is 5.97 Å². The summed E-state index contributed by atoms with van der Waals surface area (Å²) in [6.07, 6.45) is 0. The molecule has 0 spiro atoms. The highest BCUT2D eigenvalue weighted by atomic mass is 32.2. The molecule has 0 fully saturated rings. The highest BCUT2D eigenvalue weighted by molar-refractivity contribution is 8.00. The number of rotatable bonds is 7. The van der Waals surface area contributed by atoms with E-state index in [2.05, 4.69) is 5.32 Å². The van der Waals surface area contributed by atoms with Crippen LogP contribution in [0.4, 0.5) is 5.69 Å². The van der Waals surface area contributed by atoms with Crippen molar-refractivity contribution >= 4 is 29.3 Å². The molecule has 23 heavy (non-hydrogen) atoms. The van der Waals surface area contributed by atoms with Crippen molar-refractivity contribution in [3.05, 3.63) is 54.1 Å². The molecule has 1 amide bonds. The summed E-state index contributed by atoms with van der Waals surface area (Å²) in [5.41, 5.74) is 0.872. The molecule has 0 aliphatic rings. The number of hydrogen-bond donors (Lipinski definition) is 2. The summed E-state index contributed by atoms with van der Waals surface area (Å²) in [6, 6.07) is 13.7. The SMILES string of the molecule is CCOc1ccc(NC(=O)CSc2ccccc2C(=O)O)cc1. The Morgan fingerprint density at radius 2 is 1.83 bits per heavy atom. The lowest BCUT2D eigenvalue weighted by Crippen LogP contribution is -2.14.